The molecule has 0 aliphatic carbocycles. The Hall–Kier alpha value is 1.59. The summed E-state index contributed by atoms with van der Waals surface area (Å²) in [5, 5.41) is 0. The van der Waals surface area contributed by atoms with Gasteiger partial charge in [-0.05, 0) is 0 Å². The van der Waals surface area contributed by atoms with Crippen molar-refractivity contribution in [2.75, 3.05) is 0 Å². The van der Waals surface area contributed by atoms with E-state index < -0.39 is 0 Å². The summed E-state index contributed by atoms with van der Waals surface area (Å²) in [7, 11) is 0. The van der Waals surface area contributed by atoms with Crippen LogP contribution >= 0.6 is 0 Å². The third kappa shape index (κ3) is 9.53. The van der Waals surface area contributed by atoms with Crippen molar-refractivity contribution in [2.24, 2.45) is 0 Å². The van der Waals surface area contributed by atoms with E-state index in [1.807, 2.05) is 0 Å². The Balaban J connectivity index is 0. The van der Waals surface area contributed by atoms with E-state index in [2.05, 4.69) is 0 Å². The molecule has 0 aliphatic heterocycles. The number of hydrogen-bond acceptors (Lipinski definition) is 2. The van der Waals surface area contributed by atoms with Gasteiger partial charge in [-0.3, -0.25) is 0 Å². The van der Waals surface area contributed by atoms with E-state index in [1.54, 1.807) is 0 Å². The number of hydrogen-bond donors (Lipinski definition) is 0. The molecule has 0 radical (unpaired) electrons. The molecule has 0 aromatic rings. The van der Waals surface area contributed by atoms with Gasteiger partial charge in [-0.25, -0.2) is 0 Å². The Morgan fingerprint density at radius 2 is 1.25 bits per heavy atom. The third-order valence-electron chi connectivity index (χ3n) is 0. The van der Waals surface area contributed by atoms with Gasteiger partial charge in [0.05, 0.1) is 0 Å². The van der Waals surface area contributed by atoms with E-state index >= 15 is 0 Å². The van der Waals surface area contributed by atoms with E-state index in [-0.39, 0.29) is 57.6 Å². The first kappa shape index (κ1) is 9.14. The van der Waals surface area contributed by atoms with Crippen molar-refractivity contribution >= 4 is 0 Å². The molecular weight excluding hydrogens is 238 g/mol. The van der Waals surface area contributed by atoms with Crippen LogP contribution in [0.15, 0.2) is 0 Å². The summed E-state index contributed by atoms with van der Waals surface area (Å²) in [4.78, 5) is 0. The van der Waals surface area contributed by atoms with Gasteiger partial charge < -0.3 is 0 Å². The fourth-order valence-corrected chi connectivity index (χ4v) is 0. The second-order valence-electron chi connectivity index (χ2n) is 0. The first-order valence-corrected chi connectivity index (χ1v) is 3.25. The molecule has 0 saturated heterocycles. The summed E-state index contributed by atoms with van der Waals surface area (Å²) in [5.41, 5.74) is 0. The van der Waals surface area contributed by atoms with Crippen molar-refractivity contribution < 1.29 is 62.2 Å². The first-order valence-electron chi connectivity index (χ1n) is 0.524. The van der Waals surface area contributed by atoms with Gasteiger partial charge in [0.25, 0.3) is 0 Å². The van der Waals surface area contributed by atoms with Crippen LogP contribution in [0.3, 0.4) is 0 Å². The van der Waals surface area contributed by atoms with Crippen LogP contribution in [0.25, 0.3) is 0 Å². The Morgan fingerprint density at radius 3 is 1.25 bits per heavy atom. The van der Waals surface area contributed by atoms with Gasteiger partial charge in [-0.1, -0.05) is 0 Å². The van der Waals surface area contributed by atoms with Gasteiger partial charge in [-0.15, -0.1) is 0 Å². The van der Waals surface area contributed by atoms with Gasteiger partial charge in [-0.2, -0.15) is 0 Å². The van der Waals surface area contributed by atoms with E-state index in [1.165, 1.54) is 0 Å². The van der Waals surface area contributed by atoms with Crippen LogP contribution < -0.4 is 0 Å². The van der Waals surface area contributed by atoms with Crippen molar-refractivity contribution in [1.82, 2.24) is 0 Å². The number of rotatable bonds is 0. The average Bonchev–Trinajstić information content (AvgIpc) is 1.50. The SMILES string of the molecule is [O]=[Pr].[O]=[Zn]. The molecule has 0 N–H and O–H groups in total. The van der Waals surface area contributed by atoms with Gasteiger partial charge in [0.15, 0.2) is 0 Å². The molecule has 0 bridgehead atoms. The van der Waals surface area contributed by atoms with Gasteiger partial charge in [0, 0.05) is 0 Å². The van der Waals surface area contributed by atoms with Crippen LogP contribution in [0.2, 0.25) is 0 Å². The summed E-state index contributed by atoms with van der Waals surface area (Å²) in [5.74, 6) is 0. The Bertz CT molecular complexity index is 8.00. The monoisotopic (exact) mass is 237 g/mol. The van der Waals surface area contributed by atoms with Crippen molar-refractivity contribution in [3.8, 4) is 0 Å². The zero-order valence-electron chi connectivity index (χ0n) is 2.10. The van der Waals surface area contributed by atoms with Crippen molar-refractivity contribution in [2.45, 2.75) is 0 Å². The molecule has 17 valence electrons. The summed E-state index contributed by atoms with van der Waals surface area (Å²) < 4.78 is 16.8. The third-order valence-corrected chi connectivity index (χ3v) is 0. The molecule has 0 saturated carbocycles. The molecule has 0 aromatic heterocycles. The summed E-state index contributed by atoms with van der Waals surface area (Å²) >= 11 is 0.0417. The maximum atomic E-state index is 8.42. The fourth-order valence-electron chi connectivity index (χ4n) is 0. The van der Waals surface area contributed by atoms with E-state index in [9.17, 15) is 0 Å². The Morgan fingerprint density at radius 1 is 1.25 bits per heavy atom. The predicted octanol–water partition coefficient (Wildman–Crippen LogP) is -0.240. The molecule has 0 spiro atoms. The molecular formula is O2PrZn. The first-order chi connectivity index (χ1) is 2.00. The molecule has 0 aromatic carbocycles. The van der Waals surface area contributed by atoms with Gasteiger partial charge in [0.1, 0.15) is 0 Å². The zero-order valence-corrected chi connectivity index (χ0v) is 8.77. The molecule has 2 nitrogen and oxygen atoms in total. The predicted molar refractivity (Wildman–Crippen MR) is 1.37 cm³/mol. The Kier molecular flexibility index (Phi) is 53.5. The minimum absolute atomic E-state index is 0.0833. The van der Waals surface area contributed by atoms with Crippen LogP contribution in [0, 0.1) is 39.3 Å². The van der Waals surface area contributed by atoms with E-state index in [0.29, 0.717) is 0 Å². The molecule has 0 aliphatic rings. The molecule has 0 rings (SSSR count). The molecule has 0 fully saturated rings. The van der Waals surface area contributed by atoms with E-state index in [0.717, 1.165) is 0 Å². The van der Waals surface area contributed by atoms with Gasteiger partial charge >= 0.3 is 62.2 Å². The molecule has 0 amide bonds. The summed E-state index contributed by atoms with van der Waals surface area (Å²) in [6.07, 6.45) is 0. The second kappa shape index (κ2) is 23.4. The quantitative estimate of drug-likeness (QED) is 0.546. The van der Waals surface area contributed by atoms with Crippen molar-refractivity contribution in [3.63, 3.8) is 0 Å². The summed E-state index contributed by atoms with van der Waals surface area (Å²) in [6, 6.07) is 0. The molecule has 4 heavy (non-hydrogen) atoms. The average molecular weight is 238 g/mol. The molecule has 0 heterocycles. The van der Waals surface area contributed by atoms with Crippen LogP contribution in [0.1, 0.15) is 0 Å². The molecule has 4 heteroatoms. The molecule has 0 unspecified atom stereocenters. The maximum absolute atomic E-state index is 8.42. The topological polar surface area (TPSA) is 34.1 Å². The van der Waals surface area contributed by atoms with Crippen molar-refractivity contribution in [1.29, 1.82) is 0 Å². The van der Waals surface area contributed by atoms with Crippen LogP contribution in [0.4, 0.5) is 0 Å². The van der Waals surface area contributed by atoms with Crippen molar-refractivity contribution in [3.05, 3.63) is 0 Å². The van der Waals surface area contributed by atoms with Crippen LogP contribution in [-0.4, -0.2) is 0 Å². The molecule has 0 atom stereocenters. The van der Waals surface area contributed by atoms with Gasteiger partial charge in [0.2, 0.25) is 0 Å². The minimum atomic E-state index is -0.0833. The normalized spacial score (nSPS) is 3.00. The van der Waals surface area contributed by atoms with Crippen LogP contribution in [0.5, 0.6) is 0 Å². The zero-order chi connectivity index (χ0) is 4.00. The standard InChI is InChI=1S/2O.Pr.Zn. The van der Waals surface area contributed by atoms with E-state index in [4.69, 9.17) is 4.57 Å². The summed E-state index contributed by atoms with van der Waals surface area (Å²) in [6.45, 7) is 0. The second-order valence-corrected chi connectivity index (χ2v) is 0. The Labute approximate surface area is 61.1 Å². The van der Waals surface area contributed by atoms with Crippen LogP contribution in [-0.2, 0) is 22.8 Å². The fraction of sp³-hybridized carbons (Fsp3) is 0.